The Labute approximate surface area is 164 Å². The van der Waals surface area contributed by atoms with E-state index in [-0.39, 0.29) is 53.2 Å². The minimum atomic E-state index is -0.850. The van der Waals surface area contributed by atoms with E-state index in [0.29, 0.717) is 5.56 Å². The summed E-state index contributed by atoms with van der Waals surface area (Å²) < 4.78 is 11.7. The number of benzene rings is 2. The Bertz CT molecular complexity index is 1100. The SMILES string of the molecule is O=c1cc(-c2ccc(O)cc2)oc2c([C@H]3C[C@@H](O)C[C@@H](CO)O3)c(O)cc(O)c12. The summed E-state index contributed by atoms with van der Waals surface area (Å²) >= 11 is 0. The number of fused-ring (bicyclic) bond motifs is 1. The van der Waals surface area contributed by atoms with Crippen molar-refractivity contribution in [3.63, 3.8) is 0 Å². The molecule has 1 fully saturated rings. The van der Waals surface area contributed by atoms with Crippen LogP contribution >= 0.6 is 0 Å². The zero-order valence-electron chi connectivity index (χ0n) is 15.3. The van der Waals surface area contributed by atoms with Gasteiger partial charge >= 0.3 is 0 Å². The van der Waals surface area contributed by atoms with Crippen molar-refractivity contribution in [2.45, 2.75) is 31.2 Å². The summed E-state index contributed by atoms with van der Waals surface area (Å²) in [5, 5.41) is 49.6. The fourth-order valence-electron chi connectivity index (χ4n) is 3.69. The van der Waals surface area contributed by atoms with Gasteiger partial charge in [0, 0.05) is 30.5 Å². The van der Waals surface area contributed by atoms with Gasteiger partial charge in [0.15, 0.2) is 11.0 Å². The molecule has 0 amide bonds. The molecule has 0 spiro atoms. The minimum Gasteiger partial charge on any atom is -0.508 e. The topological polar surface area (TPSA) is 141 Å². The van der Waals surface area contributed by atoms with Gasteiger partial charge < -0.3 is 34.7 Å². The molecule has 1 aromatic heterocycles. The predicted octanol–water partition coefficient (Wildman–Crippen LogP) is 2.15. The monoisotopic (exact) mass is 400 g/mol. The van der Waals surface area contributed by atoms with Crippen molar-refractivity contribution in [2.24, 2.45) is 0 Å². The van der Waals surface area contributed by atoms with E-state index in [1.807, 2.05) is 0 Å². The van der Waals surface area contributed by atoms with Gasteiger partial charge in [-0.15, -0.1) is 0 Å². The zero-order chi connectivity index (χ0) is 20.7. The zero-order valence-corrected chi connectivity index (χ0v) is 15.3. The van der Waals surface area contributed by atoms with Crippen LogP contribution in [0.1, 0.15) is 24.5 Å². The fraction of sp³-hybridized carbons (Fsp3) is 0.286. The van der Waals surface area contributed by atoms with Crippen molar-refractivity contribution >= 4 is 11.0 Å². The molecule has 5 N–H and O–H groups in total. The van der Waals surface area contributed by atoms with Crippen LogP contribution in [0.15, 0.2) is 45.6 Å². The number of phenols is 3. The number of aromatic hydroxyl groups is 3. The first kappa shape index (κ1) is 19.3. The summed E-state index contributed by atoms with van der Waals surface area (Å²) in [4.78, 5) is 12.7. The molecule has 8 heteroatoms. The molecular weight excluding hydrogens is 380 g/mol. The van der Waals surface area contributed by atoms with Crippen molar-refractivity contribution in [3.8, 4) is 28.6 Å². The Morgan fingerprint density at radius 2 is 1.72 bits per heavy atom. The van der Waals surface area contributed by atoms with Crippen LogP contribution in [0.3, 0.4) is 0 Å². The third kappa shape index (κ3) is 3.53. The first-order valence-corrected chi connectivity index (χ1v) is 9.14. The second-order valence-electron chi connectivity index (χ2n) is 7.11. The average Bonchev–Trinajstić information content (AvgIpc) is 2.67. The highest BCUT2D eigenvalue weighted by Gasteiger charge is 2.33. The number of aliphatic hydroxyl groups excluding tert-OH is 2. The maximum absolute atomic E-state index is 12.7. The van der Waals surface area contributed by atoms with Gasteiger partial charge in [-0.1, -0.05) is 0 Å². The van der Waals surface area contributed by atoms with Crippen LogP contribution in [0, 0.1) is 0 Å². The second kappa shape index (κ2) is 7.40. The lowest BCUT2D eigenvalue weighted by atomic mass is 9.94. The van der Waals surface area contributed by atoms with E-state index in [1.54, 1.807) is 12.1 Å². The summed E-state index contributed by atoms with van der Waals surface area (Å²) in [5.74, 6) is -0.574. The van der Waals surface area contributed by atoms with E-state index < -0.39 is 29.5 Å². The van der Waals surface area contributed by atoms with Gasteiger partial charge in [0.05, 0.1) is 30.5 Å². The highest BCUT2D eigenvalue weighted by atomic mass is 16.5. The second-order valence-corrected chi connectivity index (χ2v) is 7.11. The average molecular weight is 400 g/mol. The molecule has 0 unspecified atom stereocenters. The van der Waals surface area contributed by atoms with Crippen LogP contribution in [-0.4, -0.2) is 44.3 Å². The number of phenolic OH excluding ortho intramolecular Hbond substituents is 3. The number of hydrogen-bond acceptors (Lipinski definition) is 8. The normalized spacial score (nSPS) is 22.1. The molecule has 0 radical (unpaired) electrons. The summed E-state index contributed by atoms with van der Waals surface area (Å²) in [5.41, 5.74) is 0.0400. The van der Waals surface area contributed by atoms with Gasteiger partial charge in [-0.25, -0.2) is 0 Å². The standard InChI is InChI=1S/C21H20O8/c22-9-13-5-12(24)6-18(28-13)20-15(26)7-14(25)19-16(27)8-17(29-21(19)20)10-1-3-11(23)4-2-10/h1-4,7-8,12-13,18,22-26H,5-6,9H2/t12-,13-,18+/m0/s1. The Morgan fingerprint density at radius 1 is 1.00 bits per heavy atom. The fourth-order valence-corrected chi connectivity index (χ4v) is 3.69. The number of rotatable bonds is 3. The van der Waals surface area contributed by atoms with E-state index >= 15 is 0 Å². The van der Waals surface area contributed by atoms with Gasteiger partial charge in [-0.2, -0.15) is 0 Å². The van der Waals surface area contributed by atoms with Gasteiger partial charge in [0.1, 0.15) is 28.4 Å². The van der Waals surface area contributed by atoms with Crippen LogP contribution in [0.5, 0.6) is 17.2 Å². The third-order valence-corrected chi connectivity index (χ3v) is 5.05. The van der Waals surface area contributed by atoms with Crippen molar-refractivity contribution in [2.75, 3.05) is 6.61 Å². The molecule has 0 aliphatic carbocycles. The lowest BCUT2D eigenvalue weighted by Crippen LogP contribution is -2.33. The molecule has 1 saturated heterocycles. The van der Waals surface area contributed by atoms with Crippen LogP contribution < -0.4 is 5.43 Å². The Kier molecular flexibility index (Phi) is 4.91. The van der Waals surface area contributed by atoms with Crippen LogP contribution in [0.2, 0.25) is 0 Å². The maximum atomic E-state index is 12.7. The predicted molar refractivity (Wildman–Crippen MR) is 103 cm³/mol. The van der Waals surface area contributed by atoms with Gasteiger partial charge in [0.25, 0.3) is 0 Å². The molecule has 3 aromatic rings. The number of ether oxygens (including phenoxy) is 1. The highest BCUT2D eigenvalue weighted by molar-refractivity contribution is 5.89. The smallest absolute Gasteiger partial charge is 0.197 e. The van der Waals surface area contributed by atoms with Gasteiger partial charge in [-0.05, 0) is 24.3 Å². The molecule has 152 valence electrons. The van der Waals surface area contributed by atoms with Crippen molar-refractivity contribution in [1.29, 1.82) is 0 Å². The molecule has 3 atom stereocenters. The van der Waals surface area contributed by atoms with Gasteiger partial charge in [0.2, 0.25) is 0 Å². The van der Waals surface area contributed by atoms with Crippen LogP contribution in [-0.2, 0) is 4.74 Å². The maximum Gasteiger partial charge on any atom is 0.197 e. The molecule has 29 heavy (non-hydrogen) atoms. The number of hydrogen-bond donors (Lipinski definition) is 5. The molecule has 0 saturated carbocycles. The summed E-state index contributed by atoms with van der Waals surface area (Å²) in [6, 6.07) is 8.24. The van der Waals surface area contributed by atoms with E-state index in [4.69, 9.17) is 9.15 Å². The Hall–Kier alpha value is -3.07. The van der Waals surface area contributed by atoms with Crippen LogP contribution in [0.25, 0.3) is 22.3 Å². The molecule has 4 rings (SSSR count). The Morgan fingerprint density at radius 3 is 2.41 bits per heavy atom. The lowest BCUT2D eigenvalue weighted by Gasteiger charge is -2.33. The minimum absolute atomic E-state index is 0.0486. The van der Waals surface area contributed by atoms with Gasteiger partial charge in [-0.3, -0.25) is 4.79 Å². The first-order valence-electron chi connectivity index (χ1n) is 9.14. The molecule has 1 aliphatic rings. The largest absolute Gasteiger partial charge is 0.508 e. The Balaban J connectivity index is 1.94. The van der Waals surface area contributed by atoms with Crippen LogP contribution in [0.4, 0.5) is 0 Å². The molecule has 2 heterocycles. The molecule has 0 bridgehead atoms. The van der Waals surface area contributed by atoms with Crippen molar-refractivity contribution in [3.05, 3.63) is 52.2 Å². The molecule has 8 nitrogen and oxygen atoms in total. The van der Waals surface area contributed by atoms with E-state index in [1.165, 1.54) is 18.2 Å². The quantitative estimate of drug-likeness (QED) is 0.450. The van der Waals surface area contributed by atoms with Crippen molar-refractivity contribution < 1.29 is 34.7 Å². The molecule has 2 aromatic carbocycles. The van der Waals surface area contributed by atoms with E-state index in [2.05, 4.69) is 0 Å². The number of aliphatic hydroxyl groups is 2. The molecule has 1 aliphatic heterocycles. The third-order valence-electron chi connectivity index (χ3n) is 5.05. The van der Waals surface area contributed by atoms with E-state index in [0.717, 1.165) is 6.07 Å². The molecular formula is C21H20O8. The van der Waals surface area contributed by atoms with E-state index in [9.17, 15) is 30.3 Å². The summed E-state index contributed by atoms with van der Waals surface area (Å²) in [6.07, 6.45) is -1.90. The summed E-state index contributed by atoms with van der Waals surface area (Å²) in [6.45, 7) is -0.312. The first-order chi connectivity index (χ1) is 13.9. The highest BCUT2D eigenvalue weighted by Crippen LogP contribution is 2.43. The lowest BCUT2D eigenvalue weighted by molar-refractivity contribution is -0.114. The summed E-state index contributed by atoms with van der Waals surface area (Å²) in [7, 11) is 0. The van der Waals surface area contributed by atoms with Crippen molar-refractivity contribution in [1.82, 2.24) is 0 Å².